The number of nitrogens with zero attached hydrogens (tertiary/aromatic N) is 1. The Kier molecular flexibility index (Phi) is 2.18. The second kappa shape index (κ2) is 3.69. The van der Waals surface area contributed by atoms with Gasteiger partial charge in [-0.25, -0.2) is 4.99 Å². The molecule has 1 aliphatic carbocycles. The van der Waals surface area contributed by atoms with Crippen molar-refractivity contribution in [3.63, 3.8) is 0 Å². The lowest BCUT2D eigenvalue weighted by molar-refractivity contribution is -0.135. The molecule has 0 saturated carbocycles. The van der Waals surface area contributed by atoms with Crippen LogP contribution >= 0.6 is 0 Å². The van der Waals surface area contributed by atoms with E-state index in [2.05, 4.69) is 27.8 Å². The number of fused-ring (bicyclic) bond motifs is 1. The molecular formula is C12H11N3O2. The van der Waals surface area contributed by atoms with E-state index in [-0.39, 0.29) is 12.0 Å². The van der Waals surface area contributed by atoms with Crippen molar-refractivity contribution in [1.82, 2.24) is 10.6 Å². The molecular weight excluding hydrogens is 218 g/mol. The summed E-state index contributed by atoms with van der Waals surface area (Å²) in [5.74, 6) is -1.00. The van der Waals surface area contributed by atoms with Crippen LogP contribution in [0, 0.1) is 0 Å². The van der Waals surface area contributed by atoms with Gasteiger partial charge in [0.05, 0.1) is 6.04 Å². The molecule has 86 valence electrons. The molecule has 0 bridgehead atoms. The van der Waals surface area contributed by atoms with Crippen molar-refractivity contribution < 1.29 is 9.59 Å². The Hall–Kier alpha value is -2.17. The Bertz CT molecular complexity index is 493. The second-order valence-electron chi connectivity index (χ2n) is 4.22. The van der Waals surface area contributed by atoms with E-state index in [1.807, 2.05) is 12.1 Å². The SMILES string of the molecule is O=C1NC(=NC2Cc3ccccc3C2)NC1=O. The standard InChI is InChI=1S/C12H11N3O2/c16-10-11(17)15-12(14-10)13-9-5-7-3-1-2-4-8(7)6-9/h1-4,9H,5-6H2,(H2,13,14,15,16,17). The normalized spacial score (nSPS) is 18.9. The van der Waals surface area contributed by atoms with Gasteiger partial charge in [-0.15, -0.1) is 0 Å². The van der Waals surface area contributed by atoms with Gasteiger partial charge in [0, 0.05) is 0 Å². The fourth-order valence-electron chi connectivity index (χ4n) is 2.23. The highest BCUT2D eigenvalue weighted by Crippen LogP contribution is 2.23. The molecule has 5 nitrogen and oxygen atoms in total. The highest BCUT2D eigenvalue weighted by Gasteiger charge is 2.27. The largest absolute Gasteiger partial charge is 0.316 e. The van der Waals surface area contributed by atoms with Crippen LogP contribution in [0.2, 0.25) is 0 Å². The fraction of sp³-hybridized carbons (Fsp3) is 0.250. The van der Waals surface area contributed by atoms with E-state index in [1.165, 1.54) is 11.1 Å². The van der Waals surface area contributed by atoms with Gasteiger partial charge in [0.1, 0.15) is 0 Å². The summed E-state index contributed by atoms with van der Waals surface area (Å²) < 4.78 is 0. The summed E-state index contributed by atoms with van der Waals surface area (Å²) >= 11 is 0. The van der Waals surface area contributed by atoms with Gasteiger partial charge in [-0.2, -0.15) is 0 Å². The fourth-order valence-corrected chi connectivity index (χ4v) is 2.23. The molecule has 2 N–H and O–H groups in total. The average molecular weight is 229 g/mol. The molecule has 2 amide bonds. The van der Waals surface area contributed by atoms with E-state index in [0.29, 0.717) is 0 Å². The van der Waals surface area contributed by atoms with Crippen molar-refractivity contribution in [3.05, 3.63) is 35.4 Å². The van der Waals surface area contributed by atoms with Crippen LogP contribution in [0.25, 0.3) is 0 Å². The molecule has 0 unspecified atom stereocenters. The minimum atomic E-state index is -0.640. The van der Waals surface area contributed by atoms with Crippen LogP contribution in [0.3, 0.4) is 0 Å². The Balaban J connectivity index is 1.76. The van der Waals surface area contributed by atoms with E-state index in [0.717, 1.165) is 12.8 Å². The predicted molar refractivity (Wildman–Crippen MR) is 61.4 cm³/mol. The van der Waals surface area contributed by atoms with E-state index >= 15 is 0 Å². The average Bonchev–Trinajstić information content (AvgIpc) is 2.83. The van der Waals surface area contributed by atoms with Crippen LogP contribution in [-0.4, -0.2) is 23.8 Å². The Morgan fingerprint density at radius 1 is 1.00 bits per heavy atom. The molecule has 1 aliphatic heterocycles. The van der Waals surface area contributed by atoms with Gasteiger partial charge in [-0.05, 0) is 24.0 Å². The summed E-state index contributed by atoms with van der Waals surface area (Å²) in [5.41, 5.74) is 2.58. The molecule has 1 aromatic rings. The molecule has 17 heavy (non-hydrogen) atoms. The topological polar surface area (TPSA) is 70.6 Å². The minimum absolute atomic E-state index is 0.0982. The number of carbonyl (C=O) groups is 2. The first-order valence-corrected chi connectivity index (χ1v) is 5.49. The number of hydrogen-bond donors (Lipinski definition) is 2. The van der Waals surface area contributed by atoms with Gasteiger partial charge >= 0.3 is 11.8 Å². The summed E-state index contributed by atoms with van der Waals surface area (Å²) in [7, 11) is 0. The lowest BCUT2D eigenvalue weighted by Gasteiger charge is -2.03. The first-order chi connectivity index (χ1) is 8.22. The summed E-state index contributed by atoms with van der Waals surface area (Å²) in [6.07, 6.45) is 1.71. The smallest absolute Gasteiger partial charge is 0.288 e. The molecule has 1 saturated heterocycles. The third-order valence-corrected chi connectivity index (χ3v) is 3.01. The number of nitrogens with one attached hydrogen (secondary N) is 2. The van der Waals surface area contributed by atoms with E-state index in [4.69, 9.17) is 0 Å². The van der Waals surface area contributed by atoms with Crippen molar-refractivity contribution in [2.45, 2.75) is 18.9 Å². The Labute approximate surface area is 97.9 Å². The van der Waals surface area contributed by atoms with Crippen LogP contribution < -0.4 is 10.6 Å². The lowest BCUT2D eigenvalue weighted by Crippen LogP contribution is -2.28. The molecule has 0 radical (unpaired) electrons. The summed E-state index contributed by atoms with van der Waals surface area (Å²) in [6, 6.07) is 8.28. The molecule has 0 aromatic heterocycles. The lowest BCUT2D eigenvalue weighted by atomic mass is 10.1. The zero-order chi connectivity index (χ0) is 11.8. The number of amides is 2. The summed E-state index contributed by atoms with van der Waals surface area (Å²) in [5, 5.41) is 4.82. The maximum atomic E-state index is 11.0. The third kappa shape index (κ3) is 1.80. The summed E-state index contributed by atoms with van der Waals surface area (Å²) in [4.78, 5) is 26.3. The molecule has 1 aromatic carbocycles. The number of aliphatic imine (C=N–C) groups is 1. The zero-order valence-electron chi connectivity index (χ0n) is 9.06. The van der Waals surface area contributed by atoms with Crippen LogP contribution in [0.1, 0.15) is 11.1 Å². The third-order valence-electron chi connectivity index (χ3n) is 3.01. The molecule has 5 heteroatoms. The zero-order valence-corrected chi connectivity index (χ0v) is 9.06. The molecule has 0 spiro atoms. The quantitative estimate of drug-likeness (QED) is 0.652. The van der Waals surface area contributed by atoms with Crippen molar-refractivity contribution in [1.29, 1.82) is 0 Å². The molecule has 2 aliphatic rings. The molecule has 1 heterocycles. The number of guanidine groups is 1. The van der Waals surface area contributed by atoms with Gasteiger partial charge in [0.15, 0.2) is 0 Å². The monoisotopic (exact) mass is 229 g/mol. The van der Waals surface area contributed by atoms with Crippen molar-refractivity contribution in [3.8, 4) is 0 Å². The summed E-state index contributed by atoms with van der Waals surface area (Å²) in [6.45, 7) is 0. The minimum Gasteiger partial charge on any atom is -0.288 e. The van der Waals surface area contributed by atoms with Crippen LogP contribution in [0.4, 0.5) is 0 Å². The highest BCUT2D eigenvalue weighted by molar-refractivity contribution is 6.45. The predicted octanol–water partition coefficient (Wildman–Crippen LogP) is -0.244. The van der Waals surface area contributed by atoms with E-state index in [9.17, 15) is 9.59 Å². The highest BCUT2D eigenvalue weighted by atomic mass is 16.2. The van der Waals surface area contributed by atoms with Gasteiger partial charge in [0.25, 0.3) is 0 Å². The van der Waals surface area contributed by atoms with Crippen molar-refractivity contribution in [2.24, 2.45) is 4.99 Å². The van der Waals surface area contributed by atoms with Crippen LogP contribution in [0.5, 0.6) is 0 Å². The van der Waals surface area contributed by atoms with E-state index in [1.54, 1.807) is 0 Å². The van der Waals surface area contributed by atoms with Gasteiger partial charge < -0.3 is 0 Å². The maximum Gasteiger partial charge on any atom is 0.316 e. The van der Waals surface area contributed by atoms with Crippen molar-refractivity contribution in [2.75, 3.05) is 0 Å². The van der Waals surface area contributed by atoms with Crippen LogP contribution in [-0.2, 0) is 22.4 Å². The second-order valence-corrected chi connectivity index (χ2v) is 4.22. The van der Waals surface area contributed by atoms with Gasteiger partial charge in [0.2, 0.25) is 5.96 Å². The first-order valence-electron chi connectivity index (χ1n) is 5.49. The number of carbonyl (C=O) groups excluding carboxylic acids is 2. The van der Waals surface area contributed by atoms with Crippen molar-refractivity contribution >= 4 is 17.8 Å². The Morgan fingerprint density at radius 2 is 1.53 bits per heavy atom. The Morgan fingerprint density at radius 3 is 2.06 bits per heavy atom. The van der Waals surface area contributed by atoms with Gasteiger partial charge in [-0.1, -0.05) is 24.3 Å². The van der Waals surface area contributed by atoms with Crippen LogP contribution in [0.15, 0.2) is 29.3 Å². The molecule has 3 rings (SSSR count). The van der Waals surface area contributed by atoms with E-state index < -0.39 is 11.8 Å². The number of rotatable bonds is 1. The number of hydrogen-bond acceptors (Lipinski definition) is 3. The number of benzene rings is 1. The maximum absolute atomic E-state index is 11.0. The molecule has 1 fully saturated rings. The first kappa shape index (κ1) is 10.0. The molecule has 0 atom stereocenters. The van der Waals surface area contributed by atoms with Gasteiger partial charge in [-0.3, -0.25) is 20.2 Å².